The molecule has 2 fully saturated rings. The predicted molar refractivity (Wildman–Crippen MR) is 133 cm³/mol. The van der Waals surface area contributed by atoms with Gasteiger partial charge in [0.1, 0.15) is 5.82 Å². The number of halogens is 1. The van der Waals surface area contributed by atoms with E-state index in [-0.39, 0.29) is 5.92 Å². The van der Waals surface area contributed by atoms with Gasteiger partial charge in [-0.25, -0.2) is 9.97 Å². The number of carbonyl (C=O) groups is 1. The molecule has 1 amide bonds. The molecule has 6 heteroatoms. The highest BCUT2D eigenvalue weighted by Gasteiger charge is 2.32. The molecule has 0 unspecified atom stereocenters. The van der Waals surface area contributed by atoms with E-state index in [0.717, 1.165) is 78.9 Å². The molecule has 2 aliphatic rings. The molecule has 170 valence electrons. The van der Waals surface area contributed by atoms with Crippen LogP contribution in [-0.2, 0) is 11.2 Å². The molecule has 0 N–H and O–H groups in total. The quantitative estimate of drug-likeness (QED) is 0.528. The van der Waals surface area contributed by atoms with Gasteiger partial charge in [-0.3, -0.25) is 4.79 Å². The van der Waals surface area contributed by atoms with Crippen molar-refractivity contribution in [2.24, 2.45) is 5.92 Å². The molecule has 0 bridgehead atoms. The van der Waals surface area contributed by atoms with Crippen molar-refractivity contribution in [2.45, 2.75) is 32.6 Å². The van der Waals surface area contributed by atoms with Gasteiger partial charge in [-0.15, -0.1) is 0 Å². The Hall–Kier alpha value is -2.92. The third kappa shape index (κ3) is 4.74. The van der Waals surface area contributed by atoms with Crippen molar-refractivity contribution >= 4 is 23.3 Å². The Kier molecular flexibility index (Phi) is 6.32. The van der Waals surface area contributed by atoms with Crippen molar-refractivity contribution in [2.75, 3.05) is 31.1 Å². The minimum atomic E-state index is 0.253. The van der Waals surface area contributed by atoms with E-state index in [1.165, 1.54) is 12.0 Å². The summed E-state index contributed by atoms with van der Waals surface area (Å²) in [5.41, 5.74) is 4.31. The number of amides is 1. The second kappa shape index (κ2) is 9.52. The molecule has 0 spiro atoms. The first-order chi connectivity index (χ1) is 16.1. The number of aromatic nitrogens is 2. The van der Waals surface area contributed by atoms with Crippen LogP contribution in [0, 0.1) is 12.8 Å². The number of nitrogens with zero attached hydrogens (tertiary/aromatic N) is 4. The lowest BCUT2D eigenvalue weighted by Gasteiger charge is -2.39. The standard InChI is InChI=1S/C27H29ClN4O/c1-19-24(18-20-10-12-23(28)13-11-20)26(30-25(29-19)21-6-3-2-4-7-21)31-14-16-32(17-15-31)27(33)22-8-5-9-22/h2-4,6-7,10-13,22H,5,8-9,14-18H2,1H3. The maximum absolute atomic E-state index is 12.7. The van der Waals surface area contributed by atoms with Crippen LogP contribution in [0.1, 0.15) is 36.1 Å². The average molecular weight is 461 g/mol. The summed E-state index contributed by atoms with van der Waals surface area (Å²) >= 11 is 6.10. The Morgan fingerprint density at radius 1 is 0.970 bits per heavy atom. The minimum absolute atomic E-state index is 0.253. The Bertz CT molecular complexity index is 1120. The Labute approximate surface area is 200 Å². The monoisotopic (exact) mass is 460 g/mol. The molecule has 2 aromatic carbocycles. The van der Waals surface area contributed by atoms with Crippen LogP contribution < -0.4 is 4.90 Å². The van der Waals surface area contributed by atoms with Crippen LogP contribution in [-0.4, -0.2) is 47.0 Å². The third-order valence-electron chi connectivity index (χ3n) is 6.86. The van der Waals surface area contributed by atoms with E-state index < -0.39 is 0 Å². The van der Waals surface area contributed by atoms with E-state index in [1.54, 1.807) is 0 Å². The number of rotatable bonds is 5. The lowest BCUT2D eigenvalue weighted by Crippen LogP contribution is -2.51. The highest BCUT2D eigenvalue weighted by molar-refractivity contribution is 6.30. The van der Waals surface area contributed by atoms with Gasteiger partial charge in [-0.2, -0.15) is 0 Å². The molecule has 1 saturated carbocycles. The fourth-order valence-corrected chi connectivity index (χ4v) is 4.75. The summed E-state index contributed by atoms with van der Waals surface area (Å²) < 4.78 is 0. The summed E-state index contributed by atoms with van der Waals surface area (Å²) in [5, 5.41) is 0.735. The first kappa shape index (κ1) is 21.9. The second-order valence-corrected chi connectivity index (χ2v) is 9.48. The maximum atomic E-state index is 12.7. The molecule has 1 aliphatic heterocycles. The van der Waals surface area contributed by atoms with E-state index in [0.29, 0.717) is 5.91 Å². The van der Waals surface area contributed by atoms with Gasteiger partial charge in [0.2, 0.25) is 5.91 Å². The summed E-state index contributed by atoms with van der Waals surface area (Å²) in [6, 6.07) is 18.1. The van der Waals surface area contributed by atoms with Gasteiger partial charge in [0.05, 0.1) is 0 Å². The molecule has 0 radical (unpaired) electrons. The van der Waals surface area contributed by atoms with Gasteiger partial charge >= 0.3 is 0 Å². The fraction of sp³-hybridized carbons (Fsp3) is 0.370. The smallest absolute Gasteiger partial charge is 0.225 e. The van der Waals surface area contributed by atoms with Gasteiger partial charge in [0.15, 0.2) is 5.82 Å². The number of benzene rings is 2. The van der Waals surface area contributed by atoms with Crippen LogP contribution in [0.2, 0.25) is 5.02 Å². The summed E-state index contributed by atoms with van der Waals surface area (Å²) in [4.78, 5) is 27.0. The van der Waals surface area contributed by atoms with Gasteiger partial charge < -0.3 is 9.80 Å². The SMILES string of the molecule is Cc1nc(-c2ccccc2)nc(N2CCN(C(=O)C3CCC3)CC2)c1Cc1ccc(Cl)cc1. The molecule has 3 aromatic rings. The molecule has 2 heterocycles. The number of carbonyl (C=O) groups excluding carboxylic acids is 1. The van der Waals surface area contributed by atoms with E-state index in [4.69, 9.17) is 21.6 Å². The van der Waals surface area contributed by atoms with Crippen molar-refractivity contribution in [3.05, 3.63) is 76.4 Å². The number of hydrogen-bond acceptors (Lipinski definition) is 4. The Morgan fingerprint density at radius 3 is 2.30 bits per heavy atom. The molecule has 5 rings (SSSR count). The second-order valence-electron chi connectivity index (χ2n) is 9.04. The van der Waals surface area contributed by atoms with Crippen LogP contribution in [0.4, 0.5) is 5.82 Å². The zero-order chi connectivity index (χ0) is 22.8. The fourth-order valence-electron chi connectivity index (χ4n) is 4.62. The van der Waals surface area contributed by atoms with Gasteiger partial charge in [-0.1, -0.05) is 60.5 Å². The van der Waals surface area contributed by atoms with Crippen LogP contribution in [0.25, 0.3) is 11.4 Å². The lowest BCUT2D eigenvalue weighted by atomic mass is 9.84. The van der Waals surface area contributed by atoms with Crippen molar-refractivity contribution in [1.82, 2.24) is 14.9 Å². The van der Waals surface area contributed by atoms with Crippen molar-refractivity contribution in [3.8, 4) is 11.4 Å². The average Bonchev–Trinajstić information content (AvgIpc) is 2.81. The minimum Gasteiger partial charge on any atom is -0.353 e. The van der Waals surface area contributed by atoms with Crippen LogP contribution in [0.15, 0.2) is 54.6 Å². The largest absolute Gasteiger partial charge is 0.353 e. The first-order valence-corrected chi connectivity index (χ1v) is 12.2. The van der Waals surface area contributed by atoms with E-state index in [2.05, 4.69) is 24.0 Å². The molecular formula is C27H29ClN4O. The van der Waals surface area contributed by atoms with Crippen LogP contribution in [0.3, 0.4) is 0 Å². The van der Waals surface area contributed by atoms with Crippen molar-refractivity contribution in [1.29, 1.82) is 0 Å². The maximum Gasteiger partial charge on any atom is 0.225 e. The van der Waals surface area contributed by atoms with Gasteiger partial charge in [0, 0.05) is 60.4 Å². The van der Waals surface area contributed by atoms with Gasteiger partial charge in [0.25, 0.3) is 0 Å². The number of anilines is 1. The van der Waals surface area contributed by atoms with Crippen LogP contribution >= 0.6 is 11.6 Å². The summed E-state index contributed by atoms with van der Waals surface area (Å²) in [6.45, 7) is 5.14. The Morgan fingerprint density at radius 2 is 1.67 bits per heavy atom. The summed E-state index contributed by atoms with van der Waals surface area (Å²) in [5.74, 6) is 2.32. The molecule has 1 saturated heterocycles. The number of piperazine rings is 1. The third-order valence-corrected chi connectivity index (χ3v) is 7.12. The highest BCUT2D eigenvalue weighted by Crippen LogP contribution is 2.31. The van der Waals surface area contributed by atoms with Crippen molar-refractivity contribution in [3.63, 3.8) is 0 Å². The molecule has 1 aliphatic carbocycles. The predicted octanol–water partition coefficient (Wildman–Crippen LogP) is 5.14. The normalized spacial score (nSPS) is 16.5. The van der Waals surface area contributed by atoms with E-state index in [1.807, 2.05) is 47.4 Å². The number of hydrogen-bond donors (Lipinski definition) is 0. The summed E-state index contributed by atoms with van der Waals surface area (Å²) in [6.07, 6.45) is 4.03. The van der Waals surface area contributed by atoms with Crippen molar-refractivity contribution < 1.29 is 4.79 Å². The Balaban J connectivity index is 1.44. The van der Waals surface area contributed by atoms with E-state index in [9.17, 15) is 4.79 Å². The highest BCUT2D eigenvalue weighted by atomic mass is 35.5. The summed E-state index contributed by atoms with van der Waals surface area (Å²) in [7, 11) is 0. The first-order valence-electron chi connectivity index (χ1n) is 11.8. The molecule has 1 aromatic heterocycles. The number of aryl methyl sites for hydroxylation is 1. The van der Waals surface area contributed by atoms with Gasteiger partial charge in [-0.05, 0) is 37.5 Å². The lowest BCUT2D eigenvalue weighted by molar-refractivity contribution is -0.138. The van der Waals surface area contributed by atoms with E-state index >= 15 is 0 Å². The molecular weight excluding hydrogens is 432 g/mol. The molecule has 33 heavy (non-hydrogen) atoms. The van der Waals surface area contributed by atoms with Crippen LogP contribution in [0.5, 0.6) is 0 Å². The molecule has 5 nitrogen and oxygen atoms in total. The molecule has 0 atom stereocenters. The zero-order valence-electron chi connectivity index (χ0n) is 19.0. The topological polar surface area (TPSA) is 49.3 Å². The zero-order valence-corrected chi connectivity index (χ0v) is 19.8.